The molecule has 1 aliphatic rings. The van der Waals surface area contributed by atoms with Crippen LogP contribution in [0.1, 0.15) is 29.3 Å². The second kappa shape index (κ2) is 6.03. The van der Waals surface area contributed by atoms with Gasteiger partial charge in [0.15, 0.2) is 5.82 Å². The van der Waals surface area contributed by atoms with Crippen LogP contribution < -0.4 is 0 Å². The van der Waals surface area contributed by atoms with Crippen LogP contribution in [0.4, 0.5) is 0 Å². The normalized spacial score (nSPS) is 20.4. The van der Waals surface area contributed by atoms with Crippen LogP contribution in [0.25, 0.3) is 0 Å². The molecule has 1 saturated heterocycles. The van der Waals surface area contributed by atoms with Crippen molar-refractivity contribution >= 4 is 11.3 Å². The number of thiophene rings is 1. The van der Waals surface area contributed by atoms with Gasteiger partial charge in [0.2, 0.25) is 0 Å². The van der Waals surface area contributed by atoms with E-state index in [2.05, 4.69) is 45.0 Å². The Morgan fingerprint density at radius 3 is 3.15 bits per heavy atom. The van der Waals surface area contributed by atoms with E-state index in [1.165, 1.54) is 10.4 Å². The van der Waals surface area contributed by atoms with E-state index in [1.807, 2.05) is 11.3 Å². The van der Waals surface area contributed by atoms with Crippen molar-refractivity contribution in [1.29, 1.82) is 0 Å². The fraction of sp³-hybridized carbons (Fsp3) is 0.571. The molecule has 0 aliphatic carbocycles. The molecule has 1 fully saturated rings. The molecular formula is C14H20N4OS. The van der Waals surface area contributed by atoms with Gasteiger partial charge in [-0.05, 0) is 30.9 Å². The van der Waals surface area contributed by atoms with Crippen molar-refractivity contribution in [2.45, 2.75) is 33.0 Å². The first kappa shape index (κ1) is 13.7. The average Bonchev–Trinajstić information content (AvgIpc) is 3.09. The van der Waals surface area contributed by atoms with E-state index < -0.39 is 0 Å². The first-order chi connectivity index (χ1) is 9.78. The van der Waals surface area contributed by atoms with Gasteiger partial charge in [0.1, 0.15) is 12.4 Å². The van der Waals surface area contributed by atoms with Gasteiger partial charge >= 0.3 is 0 Å². The molecule has 0 N–H and O–H groups in total. The molecule has 1 aliphatic heterocycles. The number of nitrogens with zero attached hydrogens (tertiary/aromatic N) is 4. The minimum atomic E-state index is 0.0338. The van der Waals surface area contributed by atoms with Crippen molar-refractivity contribution in [3.63, 3.8) is 0 Å². The smallest absolute Gasteiger partial charge is 0.163 e. The standard InChI is InChI=1S/C14H20N4OS/c1-3-18-10-15-16-14(18)12-8-17(5-6-19-12)9-13-11(2)4-7-20-13/h4,7,10,12H,3,5-6,8-9H2,1-2H3/t12-/m1/s1. The fourth-order valence-electron chi connectivity index (χ4n) is 2.53. The van der Waals surface area contributed by atoms with Crippen LogP contribution in [0.3, 0.4) is 0 Å². The molecule has 1 atom stereocenters. The highest BCUT2D eigenvalue weighted by Crippen LogP contribution is 2.24. The van der Waals surface area contributed by atoms with E-state index in [0.29, 0.717) is 0 Å². The van der Waals surface area contributed by atoms with Gasteiger partial charge in [0.25, 0.3) is 0 Å². The largest absolute Gasteiger partial charge is 0.368 e. The van der Waals surface area contributed by atoms with Crippen LogP contribution in [0.5, 0.6) is 0 Å². The number of hydrogen-bond donors (Lipinski definition) is 0. The maximum Gasteiger partial charge on any atom is 0.163 e. The van der Waals surface area contributed by atoms with E-state index in [0.717, 1.165) is 38.6 Å². The van der Waals surface area contributed by atoms with E-state index in [1.54, 1.807) is 6.33 Å². The second-order valence-corrected chi connectivity index (χ2v) is 6.10. The third kappa shape index (κ3) is 2.77. The Balaban J connectivity index is 1.69. The van der Waals surface area contributed by atoms with Gasteiger partial charge in [0, 0.05) is 31.1 Å². The van der Waals surface area contributed by atoms with E-state index >= 15 is 0 Å². The third-order valence-electron chi connectivity index (χ3n) is 3.76. The lowest BCUT2D eigenvalue weighted by Crippen LogP contribution is -2.38. The Morgan fingerprint density at radius 1 is 1.50 bits per heavy atom. The first-order valence-corrected chi connectivity index (χ1v) is 7.90. The molecule has 3 heterocycles. The molecule has 0 amide bonds. The zero-order chi connectivity index (χ0) is 13.9. The maximum absolute atomic E-state index is 5.88. The Morgan fingerprint density at radius 2 is 2.40 bits per heavy atom. The average molecular weight is 292 g/mol. The van der Waals surface area contributed by atoms with Gasteiger partial charge < -0.3 is 9.30 Å². The Bertz CT molecular complexity index is 565. The van der Waals surface area contributed by atoms with Crippen LogP contribution in [0.2, 0.25) is 0 Å². The van der Waals surface area contributed by atoms with Gasteiger partial charge in [-0.2, -0.15) is 0 Å². The molecule has 3 rings (SSSR count). The van der Waals surface area contributed by atoms with Gasteiger partial charge in [-0.25, -0.2) is 0 Å². The zero-order valence-electron chi connectivity index (χ0n) is 12.0. The summed E-state index contributed by atoms with van der Waals surface area (Å²) in [5.74, 6) is 0.945. The minimum absolute atomic E-state index is 0.0338. The summed E-state index contributed by atoms with van der Waals surface area (Å²) in [6, 6.07) is 2.19. The van der Waals surface area contributed by atoms with Gasteiger partial charge in [-0.15, -0.1) is 21.5 Å². The van der Waals surface area contributed by atoms with Crippen LogP contribution in [-0.4, -0.2) is 39.4 Å². The van der Waals surface area contributed by atoms with Crippen LogP contribution in [-0.2, 0) is 17.8 Å². The lowest BCUT2D eigenvalue weighted by molar-refractivity contribution is -0.0386. The molecule has 5 nitrogen and oxygen atoms in total. The lowest BCUT2D eigenvalue weighted by Gasteiger charge is -2.32. The molecule has 0 radical (unpaired) electrons. The Labute approximate surface area is 123 Å². The van der Waals surface area contributed by atoms with E-state index in [9.17, 15) is 0 Å². The number of aryl methyl sites for hydroxylation is 2. The molecule has 0 unspecified atom stereocenters. The lowest BCUT2D eigenvalue weighted by atomic mass is 10.2. The molecule has 108 valence electrons. The number of aromatic nitrogens is 3. The summed E-state index contributed by atoms with van der Waals surface area (Å²) in [5, 5.41) is 10.4. The predicted molar refractivity (Wildman–Crippen MR) is 78.7 cm³/mol. The highest BCUT2D eigenvalue weighted by atomic mass is 32.1. The van der Waals surface area contributed by atoms with Gasteiger partial charge in [-0.1, -0.05) is 0 Å². The number of ether oxygens (including phenoxy) is 1. The molecule has 0 spiro atoms. The first-order valence-electron chi connectivity index (χ1n) is 7.02. The summed E-state index contributed by atoms with van der Waals surface area (Å²) in [4.78, 5) is 3.89. The van der Waals surface area contributed by atoms with Crippen LogP contribution in [0.15, 0.2) is 17.8 Å². The summed E-state index contributed by atoms with van der Waals surface area (Å²) in [6.45, 7) is 8.78. The summed E-state index contributed by atoms with van der Waals surface area (Å²) in [5.41, 5.74) is 1.38. The predicted octanol–water partition coefficient (Wildman–Crippen LogP) is 2.24. The fourth-order valence-corrected chi connectivity index (χ4v) is 3.48. The van der Waals surface area contributed by atoms with Crippen molar-refractivity contribution in [3.05, 3.63) is 34.0 Å². The summed E-state index contributed by atoms with van der Waals surface area (Å²) in [6.07, 6.45) is 1.81. The summed E-state index contributed by atoms with van der Waals surface area (Å²) >= 11 is 1.83. The molecule has 0 bridgehead atoms. The number of rotatable bonds is 4. The zero-order valence-corrected chi connectivity index (χ0v) is 12.8. The minimum Gasteiger partial charge on any atom is -0.368 e. The second-order valence-electron chi connectivity index (χ2n) is 5.10. The SMILES string of the molecule is CCn1cnnc1[C@H]1CN(Cc2sccc2C)CCO1. The van der Waals surface area contributed by atoms with Crippen LogP contribution >= 0.6 is 11.3 Å². The molecule has 0 aromatic carbocycles. The third-order valence-corrected chi connectivity index (χ3v) is 4.77. The van der Waals surface area contributed by atoms with Gasteiger partial charge in [-0.3, -0.25) is 4.90 Å². The molecular weight excluding hydrogens is 272 g/mol. The van der Waals surface area contributed by atoms with Crippen molar-refractivity contribution < 1.29 is 4.74 Å². The van der Waals surface area contributed by atoms with E-state index in [-0.39, 0.29) is 6.10 Å². The Hall–Kier alpha value is -1.24. The topological polar surface area (TPSA) is 43.2 Å². The van der Waals surface area contributed by atoms with Crippen molar-refractivity contribution in [2.75, 3.05) is 19.7 Å². The number of hydrogen-bond acceptors (Lipinski definition) is 5. The quantitative estimate of drug-likeness (QED) is 0.867. The molecule has 20 heavy (non-hydrogen) atoms. The van der Waals surface area contributed by atoms with Crippen molar-refractivity contribution in [3.8, 4) is 0 Å². The highest BCUT2D eigenvalue weighted by Gasteiger charge is 2.26. The van der Waals surface area contributed by atoms with Crippen molar-refractivity contribution in [1.82, 2.24) is 19.7 Å². The highest BCUT2D eigenvalue weighted by molar-refractivity contribution is 7.10. The van der Waals surface area contributed by atoms with Crippen LogP contribution in [0, 0.1) is 6.92 Å². The monoisotopic (exact) mass is 292 g/mol. The summed E-state index contributed by atoms with van der Waals surface area (Å²) < 4.78 is 7.94. The van der Waals surface area contributed by atoms with Crippen molar-refractivity contribution in [2.24, 2.45) is 0 Å². The van der Waals surface area contributed by atoms with Gasteiger partial charge in [0.05, 0.1) is 6.61 Å². The number of morpholine rings is 1. The Kier molecular flexibility index (Phi) is 4.14. The molecule has 2 aromatic heterocycles. The maximum atomic E-state index is 5.88. The summed E-state index contributed by atoms with van der Waals surface area (Å²) in [7, 11) is 0. The van der Waals surface area contributed by atoms with E-state index in [4.69, 9.17) is 4.74 Å². The molecule has 0 saturated carbocycles. The molecule has 2 aromatic rings. The molecule has 6 heteroatoms.